The van der Waals surface area contributed by atoms with Crippen LogP contribution >= 0.6 is 0 Å². The zero-order chi connectivity index (χ0) is 20.3. The molecule has 0 amide bonds. The number of hydrogen-bond acceptors (Lipinski definition) is 2. The molecule has 0 bridgehead atoms. The second-order valence-corrected chi connectivity index (χ2v) is 8.21. The summed E-state index contributed by atoms with van der Waals surface area (Å²) in [6.45, 7) is 5.02. The van der Waals surface area contributed by atoms with E-state index in [0.29, 0.717) is 6.61 Å². The van der Waals surface area contributed by atoms with Crippen LogP contribution in [0.4, 0.5) is 0 Å². The average molecular weight is 394 g/mol. The fraction of sp³-hybridized carbons (Fsp3) is 0.214. The Morgan fingerprint density at radius 2 is 1.63 bits per heavy atom. The highest BCUT2D eigenvalue weighted by Gasteiger charge is 2.18. The number of aryl methyl sites for hydroxylation is 1. The van der Waals surface area contributed by atoms with Crippen LogP contribution in [0.5, 0.6) is 5.75 Å². The SMILES string of the molecule is CC1=C(CN2C=CC2)CCc2cc(OCc3ccc(-c4ccccc4)cc3)ccc21. The van der Waals surface area contributed by atoms with Crippen molar-refractivity contribution >= 4 is 5.57 Å². The van der Waals surface area contributed by atoms with Crippen LogP contribution in [0.2, 0.25) is 0 Å². The van der Waals surface area contributed by atoms with Crippen molar-refractivity contribution in [2.45, 2.75) is 26.4 Å². The molecule has 2 heteroatoms. The summed E-state index contributed by atoms with van der Waals surface area (Å²) in [6.07, 6.45) is 6.65. The van der Waals surface area contributed by atoms with E-state index in [2.05, 4.69) is 90.8 Å². The molecule has 30 heavy (non-hydrogen) atoms. The summed E-state index contributed by atoms with van der Waals surface area (Å²) in [5.74, 6) is 0.961. The molecular formula is C28H27NO. The van der Waals surface area contributed by atoms with Crippen LogP contribution in [-0.4, -0.2) is 18.0 Å². The minimum atomic E-state index is 0.592. The van der Waals surface area contributed by atoms with Gasteiger partial charge in [-0.1, -0.05) is 60.7 Å². The summed E-state index contributed by atoms with van der Waals surface area (Å²) in [5, 5.41) is 0. The topological polar surface area (TPSA) is 12.5 Å². The van der Waals surface area contributed by atoms with Gasteiger partial charge in [-0.05, 0) is 83.1 Å². The quantitative estimate of drug-likeness (QED) is 0.475. The van der Waals surface area contributed by atoms with Crippen LogP contribution in [0.1, 0.15) is 30.0 Å². The molecule has 5 rings (SSSR count). The van der Waals surface area contributed by atoms with Gasteiger partial charge in [-0.25, -0.2) is 0 Å². The minimum absolute atomic E-state index is 0.592. The van der Waals surface area contributed by atoms with Gasteiger partial charge < -0.3 is 9.64 Å². The van der Waals surface area contributed by atoms with Gasteiger partial charge in [0.1, 0.15) is 12.4 Å². The van der Waals surface area contributed by atoms with Crippen molar-refractivity contribution in [3.05, 3.63) is 107 Å². The Labute approximate surface area is 179 Å². The van der Waals surface area contributed by atoms with Crippen LogP contribution in [0.15, 0.2) is 90.6 Å². The summed E-state index contributed by atoms with van der Waals surface area (Å²) < 4.78 is 6.12. The van der Waals surface area contributed by atoms with E-state index in [9.17, 15) is 0 Å². The van der Waals surface area contributed by atoms with E-state index in [1.807, 2.05) is 6.07 Å². The van der Waals surface area contributed by atoms with Gasteiger partial charge in [-0.2, -0.15) is 0 Å². The summed E-state index contributed by atoms with van der Waals surface area (Å²) in [5.41, 5.74) is 9.48. The van der Waals surface area contributed by atoms with Crippen molar-refractivity contribution in [2.24, 2.45) is 0 Å². The summed E-state index contributed by atoms with van der Waals surface area (Å²) in [6, 6.07) is 25.7. The maximum absolute atomic E-state index is 6.12. The normalized spacial score (nSPS) is 15.0. The monoisotopic (exact) mass is 393 g/mol. The third kappa shape index (κ3) is 3.91. The molecule has 0 saturated heterocycles. The summed E-state index contributed by atoms with van der Waals surface area (Å²) in [7, 11) is 0. The molecule has 0 radical (unpaired) electrons. The Kier molecular flexibility index (Phi) is 5.15. The number of ether oxygens (including phenoxy) is 1. The first-order valence-electron chi connectivity index (χ1n) is 10.8. The molecule has 1 aliphatic heterocycles. The van der Waals surface area contributed by atoms with Crippen molar-refractivity contribution in [1.82, 2.24) is 4.90 Å². The van der Waals surface area contributed by atoms with Crippen LogP contribution < -0.4 is 4.74 Å². The maximum Gasteiger partial charge on any atom is 0.120 e. The van der Waals surface area contributed by atoms with Crippen LogP contribution in [-0.2, 0) is 13.0 Å². The second-order valence-electron chi connectivity index (χ2n) is 8.21. The Hall–Kier alpha value is -3.26. The van der Waals surface area contributed by atoms with Gasteiger partial charge in [0.2, 0.25) is 0 Å². The third-order valence-corrected chi connectivity index (χ3v) is 6.22. The first kappa shape index (κ1) is 18.7. The fourth-order valence-electron chi connectivity index (χ4n) is 4.30. The Balaban J connectivity index is 1.25. The van der Waals surface area contributed by atoms with Gasteiger partial charge in [0.15, 0.2) is 0 Å². The number of rotatable bonds is 6. The number of hydrogen-bond donors (Lipinski definition) is 0. The number of nitrogens with zero attached hydrogens (tertiary/aromatic N) is 1. The zero-order valence-corrected chi connectivity index (χ0v) is 17.5. The molecule has 3 aromatic rings. The lowest BCUT2D eigenvalue weighted by atomic mass is 9.86. The molecule has 0 saturated carbocycles. The Morgan fingerprint density at radius 3 is 2.37 bits per heavy atom. The van der Waals surface area contributed by atoms with E-state index in [4.69, 9.17) is 4.74 Å². The van der Waals surface area contributed by atoms with Crippen molar-refractivity contribution < 1.29 is 4.74 Å². The smallest absolute Gasteiger partial charge is 0.120 e. The molecule has 2 nitrogen and oxygen atoms in total. The van der Waals surface area contributed by atoms with Gasteiger partial charge >= 0.3 is 0 Å². The summed E-state index contributed by atoms with van der Waals surface area (Å²) in [4.78, 5) is 2.38. The van der Waals surface area contributed by atoms with E-state index in [-0.39, 0.29) is 0 Å². The average Bonchev–Trinajstić information content (AvgIpc) is 2.77. The van der Waals surface area contributed by atoms with Crippen molar-refractivity contribution in [2.75, 3.05) is 13.1 Å². The highest BCUT2D eigenvalue weighted by molar-refractivity contribution is 5.72. The molecule has 1 heterocycles. The third-order valence-electron chi connectivity index (χ3n) is 6.22. The lowest BCUT2D eigenvalue weighted by Crippen LogP contribution is -2.27. The minimum Gasteiger partial charge on any atom is -0.489 e. The molecule has 0 atom stereocenters. The van der Waals surface area contributed by atoms with Crippen LogP contribution in [0.3, 0.4) is 0 Å². The molecule has 0 spiro atoms. The van der Waals surface area contributed by atoms with Crippen molar-refractivity contribution in [1.29, 1.82) is 0 Å². The lowest BCUT2D eigenvalue weighted by Gasteiger charge is -2.30. The summed E-state index contributed by atoms with van der Waals surface area (Å²) >= 11 is 0. The number of benzene rings is 3. The van der Waals surface area contributed by atoms with E-state index < -0.39 is 0 Å². The molecule has 0 fully saturated rings. The number of fused-ring (bicyclic) bond motifs is 1. The van der Waals surface area contributed by atoms with Crippen molar-refractivity contribution in [3.63, 3.8) is 0 Å². The zero-order valence-electron chi connectivity index (χ0n) is 17.5. The van der Waals surface area contributed by atoms with Gasteiger partial charge in [0.25, 0.3) is 0 Å². The lowest BCUT2D eigenvalue weighted by molar-refractivity contribution is 0.306. The fourth-order valence-corrected chi connectivity index (χ4v) is 4.30. The van der Waals surface area contributed by atoms with Gasteiger partial charge in [0.05, 0.1) is 0 Å². The molecule has 0 aromatic heterocycles. The van der Waals surface area contributed by atoms with Gasteiger partial charge in [0, 0.05) is 13.1 Å². The molecule has 2 aliphatic rings. The van der Waals surface area contributed by atoms with Gasteiger partial charge in [-0.3, -0.25) is 0 Å². The maximum atomic E-state index is 6.12. The van der Waals surface area contributed by atoms with E-state index in [0.717, 1.165) is 31.7 Å². The van der Waals surface area contributed by atoms with E-state index in [1.165, 1.54) is 33.4 Å². The van der Waals surface area contributed by atoms with Crippen LogP contribution in [0, 0.1) is 0 Å². The molecule has 3 aromatic carbocycles. The predicted octanol–water partition coefficient (Wildman–Crippen LogP) is 6.48. The Morgan fingerprint density at radius 1 is 0.867 bits per heavy atom. The molecule has 1 aliphatic carbocycles. The van der Waals surface area contributed by atoms with Crippen molar-refractivity contribution in [3.8, 4) is 16.9 Å². The number of allylic oxidation sites excluding steroid dienone is 1. The van der Waals surface area contributed by atoms with Gasteiger partial charge in [-0.15, -0.1) is 0 Å². The predicted molar refractivity (Wildman–Crippen MR) is 124 cm³/mol. The molecule has 0 unspecified atom stereocenters. The molecule has 0 N–H and O–H groups in total. The molecule has 150 valence electrons. The highest BCUT2D eigenvalue weighted by Crippen LogP contribution is 2.34. The first-order valence-corrected chi connectivity index (χ1v) is 10.8. The largest absolute Gasteiger partial charge is 0.489 e. The van der Waals surface area contributed by atoms with E-state index >= 15 is 0 Å². The Bertz CT molecular complexity index is 1090. The molecular weight excluding hydrogens is 366 g/mol. The first-order chi connectivity index (χ1) is 14.8. The van der Waals surface area contributed by atoms with Crippen LogP contribution in [0.25, 0.3) is 16.7 Å². The second kappa shape index (κ2) is 8.23. The highest BCUT2D eigenvalue weighted by atomic mass is 16.5. The standard InChI is InChI=1S/C28H27NO/c1-21-26(19-29-16-5-17-29)13-12-25-18-27(14-15-28(21)25)30-20-22-8-10-24(11-9-22)23-6-3-2-4-7-23/h2-11,14-16,18H,12-13,17,19-20H2,1H3. The van der Waals surface area contributed by atoms with E-state index in [1.54, 1.807) is 5.57 Å².